The second-order valence-corrected chi connectivity index (χ2v) is 6.37. The zero-order valence-corrected chi connectivity index (χ0v) is 16.2. The van der Waals surface area contributed by atoms with Crippen molar-refractivity contribution in [2.45, 2.75) is 27.2 Å². The van der Waals surface area contributed by atoms with Gasteiger partial charge in [-0.2, -0.15) is 0 Å². The maximum atomic E-state index is 11.7. The third kappa shape index (κ3) is 7.90. The summed E-state index contributed by atoms with van der Waals surface area (Å²) in [5.74, 6) is -1.42. The van der Waals surface area contributed by atoms with Gasteiger partial charge in [-0.1, -0.05) is 37.3 Å². The number of ketones is 1. The zero-order chi connectivity index (χ0) is 20.3. The molecule has 0 fully saturated rings. The minimum Gasteiger partial charge on any atom is -0.497 e. The van der Waals surface area contributed by atoms with Crippen LogP contribution in [0.2, 0.25) is 0 Å². The van der Waals surface area contributed by atoms with E-state index in [-0.39, 0.29) is 19.2 Å². The Labute approximate surface area is 159 Å². The molecule has 6 nitrogen and oxygen atoms in total. The minimum absolute atomic E-state index is 0.0826. The van der Waals surface area contributed by atoms with E-state index in [0.717, 1.165) is 17.4 Å². The van der Waals surface area contributed by atoms with Crippen molar-refractivity contribution in [2.75, 3.05) is 20.3 Å². The van der Waals surface area contributed by atoms with E-state index in [0.29, 0.717) is 6.42 Å². The normalized spacial score (nSPS) is 11.6. The van der Waals surface area contributed by atoms with Crippen molar-refractivity contribution in [3.63, 3.8) is 0 Å². The van der Waals surface area contributed by atoms with Crippen LogP contribution >= 0.6 is 0 Å². The summed E-state index contributed by atoms with van der Waals surface area (Å²) in [6.45, 7) is 5.18. The summed E-state index contributed by atoms with van der Waals surface area (Å²) in [5, 5.41) is 0. The van der Waals surface area contributed by atoms with Gasteiger partial charge in [-0.3, -0.25) is 9.59 Å². The molecule has 0 aliphatic heterocycles. The van der Waals surface area contributed by atoms with Gasteiger partial charge in [0.1, 0.15) is 19.0 Å². The number of ether oxygens (including phenoxy) is 3. The fraction of sp³-hybridized carbons (Fsp3) is 0.381. The van der Waals surface area contributed by atoms with E-state index in [1.165, 1.54) is 6.08 Å². The molecule has 1 aromatic carbocycles. The van der Waals surface area contributed by atoms with Gasteiger partial charge in [0.05, 0.1) is 12.5 Å². The number of hydrogen-bond acceptors (Lipinski definition) is 6. The Kier molecular flexibility index (Phi) is 8.99. The van der Waals surface area contributed by atoms with Crippen molar-refractivity contribution in [3.05, 3.63) is 48.1 Å². The second kappa shape index (κ2) is 11.0. The molecule has 0 radical (unpaired) electrons. The van der Waals surface area contributed by atoms with E-state index in [1.54, 1.807) is 33.1 Å². The van der Waals surface area contributed by atoms with E-state index in [2.05, 4.69) is 0 Å². The largest absolute Gasteiger partial charge is 0.497 e. The van der Waals surface area contributed by atoms with Crippen LogP contribution < -0.4 is 4.74 Å². The monoisotopic (exact) mass is 374 g/mol. The smallest absolute Gasteiger partial charge is 0.379 e. The molecule has 0 heterocycles. The number of benzene rings is 1. The highest BCUT2D eigenvalue weighted by atomic mass is 16.6. The van der Waals surface area contributed by atoms with Crippen LogP contribution in [0.15, 0.2) is 42.5 Å². The summed E-state index contributed by atoms with van der Waals surface area (Å²) < 4.78 is 14.9. The minimum atomic E-state index is -0.994. The van der Waals surface area contributed by atoms with Crippen molar-refractivity contribution < 1.29 is 28.6 Å². The molecule has 1 rings (SSSR count). The van der Waals surface area contributed by atoms with Gasteiger partial charge in [0, 0.05) is 0 Å². The molecule has 0 aliphatic carbocycles. The van der Waals surface area contributed by atoms with Gasteiger partial charge < -0.3 is 14.2 Å². The number of carbonyl (C=O) groups is 3. The molecule has 0 N–H and O–H groups in total. The third-order valence-corrected chi connectivity index (χ3v) is 3.93. The first kappa shape index (κ1) is 22.2. The van der Waals surface area contributed by atoms with Crippen molar-refractivity contribution in [3.8, 4) is 5.75 Å². The van der Waals surface area contributed by atoms with Crippen molar-refractivity contribution in [1.82, 2.24) is 0 Å². The van der Waals surface area contributed by atoms with E-state index in [1.807, 2.05) is 31.2 Å². The summed E-state index contributed by atoms with van der Waals surface area (Å²) in [7, 11) is 1.58. The first-order valence-corrected chi connectivity index (χ1v) is 8.67. The fourth-order valence-electron chi connectivity index (χ4n) is 1.80. The van der Waals surface area contributed by atoms with Crippen LogP contribution in [0.4, 0.5) is 0 Å². The number of rotatable bonds is 10. The second-order valence-electron chi connectivity index (χ2n) is 6.37. The van der Waals surface area contributed by atoms with Crippen LogP contribution in [0.25, 0.3) is 6.08 Å². The highest BCUT2D eigenvalue weighted by Gasteiger charge is 2.26. The molecule has 0 bridgehead atoms. The molecule has 0 atom stereocenters. The molecule has 0 amide bonds. The Morgan fingerprint density at radius 1 is 1.07 bits per heavy atom. The van der Waals surface area contributed by atoms with Gasteiger partial charge >= 0.3 is 11.9 Å². The lowest BCUT2D eigenvalue weighted by Gasteiger charge is -2.20. The lowest BCUT2D eigenvalue weighted by Crippen LogP contribution is -2.27. The standard InChI is InChI=1S/C21H26O6/c1-5-21(2,3)20(24)27-14-13-26-19(23)18(22)12-7-6-9-16-10-8-11-17(15-16)25-4/h6-12,15H,5,13-14H2,1-4H3/b9-6+,12-7+. The highest BCUT2D eigenvalue weighted by Crippen LogP contribution is 2.21. The average molecular weight is 374 g/mol. The lowest BCUT2D eigenvalue weighted by molar-refractivity contribution is -0.160. The Hall–Kier alpha value is -2.89. The number of carbonyl (C=O) groups excluding carboxylic acids is 3. The third-order valence-electron chi connectivity index (χ3n) is 3.93. The molecule has 0 spiro atoms. The molecule has 6 heteroatoms. The first-order valence-electron chi connectivity index (χ1n) is 8.67. The zero-order valence-electron chi connectivity index (χ0n) is 16.2. The van der Waals surface area contributed by atoms with Crippen LogP contribution in [0.5, 0.6) is 5.75 Å². The number of hydrogen-bond donors (Lipinski definition) is 0. The van der Waals surface area contributed by atoms with Gasteiger partial charge in [0.25, 0.3) is 5.78 Å². The van der Waals surface area contributed by atoms with Crippen LogP contribution in [0, 0.1) is 5.41 Å². The van der Waals surface area contributed by atoms with E-state index in [4.69, 9.17) is 14.2 Å². The molecule has 0 saturated heterocycles. The van der Waals surface area contributed by atoms with E-state index >= 15 is 0 Å². The molecule has 1 aromatic rings. The molecule has 27 heavy (non-hydrogen) atoms. The summed E-state index contributed by atoms with van der Waals surface area (Å²) in [4.78, 5) is 35.0. The molecular formula is C21H26O6. The summed E-state index contributed by atoms with van der Waals surface area (Å²) >= 11 is 0. The highest BCUT2D eigenvalue weighted by molar-refractivity contribution is 6.38. The predicted octanol–water partition coefficient (Wildman–Crippen LogP) is 3.36. The van der Waals surface area contributed by atoms with Crippen molar-refractivity contribution in [2.24, 2.45) is 5.41 Å². The van der Waals surface area contributed by atoms with Gasteiger partial charge in [-0.05, 0) is 44.0 Å². The van der Waals surface area contributed by atoms with Crippen LogP contribution in [0.1, 0.15) is 32.8 Å². The fourth-order valence-corrected chi connectivity index (χ4v) is 1.80. The van der Waals surface area contributed by atoms with Crippen molar-refractivity contribution >= 4 is 23.8 Å². The molecular weight excluding hydrogens is 348 g/mol. The van der Waals surface area contributed by atoms with Crippen molar-refractivity contribution in [1.29, 1.82) is 0 Å². The summed E-state index contributed by atoms with van der Waals surface area (Å²) in [6.07, 6.45) is 6.61. The molecule has 0 unspecified atom stereocenters. The van der Waals surface area contributed by atoms with Crippen LogP contribution in [-0.4, -0.2) is 38.0 Å². The van der Waals surface area contributed by atoms with Crippen LogP contribution in [-0.2, 0) is 23.9 Å². The van der Waals surface area contributed by atoms with Gasteiger partial charge in [-0.25, -0.2) is 4.79 Å². The van der Waals surface area contributed by atoms with Gasteiger partial charge in [0.2, 0.25) is 0 Å². The quantitative estimate of drug-likeness (QED) is 0.205. The Bertz CT molecular complexity index is 715. The van der Waals surface area contributed by atoms with Gasteiger partial charge in [0.15, 0.2) is 0 Å². The lowest BCUT2D eigenvalue weighted by atomic mass is 9.91. The average Bonchev–Trinajstić information content (AvgIpc) is 2.67. The van der Waals surface area contributed by atoms with Gasteiger partial charge in [-0.15, -0.1) is 0 Å². The first-order chi connectivity index (χ1) is 12.8. The van der Waals surface area contributed by atoms with Crippen LogP contribution in [0.3, 0.4) is 0 Å². The molecule has 146 valence electrons. The Morgan fingerprint density at radius 2 is 1.78 bits per heavy atom. The molecule has 0 aromatic heterocycles. The van der Waals surface area contributed by atoms with E-state index < -0.39 is 17.2 Å². The Morgan fingerprint density at radius 3 is 2.44 bits per heavy atom. The maximum Gasteiger partial charge on any atom is 0.379 e. The topological polar surface area (TPSA) is 78.9 Å². The molecule has 0 aliphatic rings. The maximum absolute atomic E-state index is 11.7. The number of methoxy groups -OCH3 is 1. The van der Waals surface area contributed by atoms with E-state index in [9.17, 15) is 14.4 Å². The Balaban J connectivity index is 2.37. The number of allylic oxidation sites excluding steroid dienone is 2. The number of esters is 2. The predicted molar refractivity (Wildman–Crippen MR) is 102 cm³/mol. The SMILES string of the molecule is CCC(C)(C)C(=O)OCCOC(=O)C(=O)/C=C/C=C/c1cccc(OC)c1. The summed E-state index contributed by atoms with van der Waals surface area (Å²) in [5.41, 5.74) is 0.309. The molecule has 0 saturated carbocycles. The summed E-state index contributed by atoms with van der Waals surface area (Å²) in [6, 6.07) is 7.39.